The number of rotatable bonds is 4. The minimum Gasteiger partial charge on any atom is -0.480 e. The van der Waals surface area contributed by atoms with Gasteiger partial charge in [-0.15, -0.1) is 11.8 Å². The van der Waals surface area contributed by atoms with Crippen LogP contribution in [0.15, 0.2) is 9.90 Å². The number of thioether (sulfide) groups is 1. The van der Waals surface area contributed by atoms with Gasteiger partial charge in [-0.2, -0.15) is 0 Å². The Bertz CT molecular complexity index is 206. The monoisotopic (exact) mass is 229 g/mol. The first-order valence-corrected chi connectivity index (χ1v) is 4.81. The Morgan fingerprint density at radius 2 is 2.33 bits per heavy atom. The predicted molar refractivity (Wildman–Crippen MR) is 52.5 cm³/mol. The molecule has 6 heteroatoms. The third kappa shape index (κ3) is 4.21. The van der Waals surface area contributed by atoms with E-state index < -0.39 is 11.5 Å². The van der Waals surface area contributed by atoms with Crippen LogP contribution in [-0.2, 0) is 4.79 Å². The highest BCUT2D eigenvalue weighted by Crippen LogP contribution is 2.23. The maximum absolute atomic E-state index is 10.5. The van der Waals surface area contributed by atoms with Gasteiger partial charge in [0.2, 0.25) is 0 Å². The zero-order valence-corrected chi connectivity index (χ0v) is 8.71. The van der Waals surface area contributed by atoms with Gasteiger partial charge in [0.1, 0.15) is 5.54 Å². The maximum Gasteiger partial charge on any atom is 0.324 e. The fraction of sp³-hybridized carbons (Fsp3) is 0.500. The van der Waals surface area contributed by atoms with Crippen molar-refractivity contribution in [3.8, 4) is 0 Å². The molecule has 0 bridgehead atoms. The first-order valence-electron chi connectivity index (χ1n) is 3.01. The molecular weight excluding hydrogens is 221 g/mol. The number of carboxylic acids is 1. The summed E-state index contributed by atoms with van der Waals surface area (Å²) >= 11 is 11.9. The van der Waals surface area contributed by atoms with Crippen molar-refractivity contribution in [3.63, 3.8) is 0 Å². The van der Waals surface area contributed by atoms with Gasteiger partial charge in [0.15, 0.2) is 0 Å². The lowest BCUT2D eigenvalue weighted by atomic mass is 10.1. The van der Waals surface area contributed by atoms with E-state index in [1.807, 2.05) is 0 Å². The average molecular weight is 230 g/mol. The number of carboxylic acid groups (broad SMARTS) is 1. The van der Waals surface area contributed by atoms with E-state index in [0.29, 0.717) is 4.36 Å². The van der Waals surface area contributed by atoms with Crippen molar-refractivity contribution >= 4 is 40.9 Å². The van der Waals surface area contributed by atoms with Crippen molar-refractivity contribution in [1.29, 1.82) is 0 Å². The highest BCUT2D eigenvalue weighted by Gasteiger charge is 2.27. The fourth-order valence-electron chi connectivity index (χ4n) is 0.312. The molecule has 0 amide bonds. The van der Waals surface area contributed by atoms with Gasteiger partial charge in [-0.05, 0) is 6.92 Å². The first-order chi connectivity index (χ1) is 5.40. The molecule has 0 rings (SSSR count). The van der Waals surface area contributed by atoms with E-state index in [0.717, 1.165) is 11.8 Å². The molecule has 0 aromatic rings. The summed E-state index contributed by atoms with van der Waals surface area (Å²) in [5.41, 5.74) is 5.31. The maximum atomic E-state index is 10.5. The normalized spacial score (nSPS) is 17.2. The first kappa shape index (κ1) is 12.1. The molecule has 3 nitrogen and oxygen atoms in total. The molecule has 12 heavy (non-hydrogen) atoms. The summed E-state index contributed by atoms with van der Waals surface area (Å²) in [6, 6.07) is 0. The van der Waals surface area contributed by atoms with Crippen LogP contribution >= 0.6 is 35.0 Å². The summed E-state index contributed by atoms with van der Waals surface area (Å²) in [6.07, 6.45) is 0. The molecule has 0 aromatic carbocycles. The summed E-state index contributed by atoms with van der Waals surface area (Å²) in [6.45, 7) is 1.42. The van der Waals surface area contributed by atoms with E-state index in [4.69, 9.17) is 34.0 Å². The van der Waals surface area contributed by atoms with Crippen molar-refractivity contribution in [2.75, 3.05) is 5.75 Å². The van der Waals surface area contributed by atoms with Gasteiger partial charge in [-0.1, -0.05) is 23.2 Å². The lowest BCUT2D eigenvalue weighted by Gasteiger charge is -2.17. The van der Waals surface area contributed by atoms with Crippen LogP contribution in [0, 0.1) is 0 Å². The molecule has 0 unspecified atom stereocenters. The van der Waals surface area contributed by atoms with Crippen molar-refractivity contribution in [1.82, 2.24) is 0 Å². The standard InChI is InChI=1S/C6H9Cl2NO2S/c1-6(9,5(10)11)3-12-4(8)2-7/h2H,3,9H2,1H3,(H,10,11)/b4-2+/t6-/m0/s1. The number of halogens is 2. The summed E-state index contributed by atoms with van der Waals surface area (Å²) in [5, 5.41) is 8.59. The minimum atomic E-state index is -1.27. The van der Waals surface area contributed by atoms with Crippen LogP contribution in [0.5, 0.6) is 0 Å². The summed E-state index contributed by atoms with van der Waals surface area (Å²) < 4.78 is 0.328. The van der Waals surface area contributed by atoms with E-state index in [9.17, 15) is 4.79 Å². The molecule has 1 atom stereocenters. The van der Waals surface area contributed by atoms with Gasteiger partial charge in [0, 0.05) is 11.3 Å². The number of hydrogen-bond donors (Lipinski definition) is 2. The van der Waals surface area contributed by atoms with E-state index in [2.05, 4.69) is 0 Å². The third-order valence-electron chi connectivity index (χ3n) is 1.08. The molecule has 0 saturated heterocycles. The van der Waals surface area contributed by atoms with Crippen molar-refractivity contribution in [2.24, 2.45) is 5.73 Å². The Morgan fingerprint density at radius 1 is 1.83 bits per heavy atom. The molecule has 0 saturated carbocycles. The molecule has 0 aliphatic carbocycles. The number of carbonyl (C=O) groups is 1. The second kappa shape index (κ2) is 4.97. The van der Waals surface area contributed by atoms with Gasteiger partial charge in [-0.3, -0.25) is 4.79 Å². The molecule has 0 aromatic heterocycles. The summed E-state index contributed by atoms with van der Waals surface area (Å²) in [5.74, 6) is -0.876. The Hall–Kier alpha value is 0.1000. The van der Waals surface area contributed by atoms with Crippen molar-refractivity contribution < 1.29 is 9.90 Å². The Morgan fingerprint density at radius 3 is 2.67 bits per heavy atom. The highest BCUT2D eigenvalue weighted by molar-refractivity contribution is 8.04. The fourth-order valence-corrected chi connectivity index (χ4v) is 1.29. The van der Waals surface area contributed by atoms with Gasteiger partial charge in [-0.25, -0.2) is 0 Å². The second-order valence-electron chi connectivity index (χ2n) is 2.42. The van der Waals surface area contributed by atoms with Crippen LogP contribution in [0.4, 0.5) is 0 Å². The molecule has 0 fully saturated rings. The number of aliphatic carboxylic acids is 1. The van der Waals surface area contributed by atoms with Gasteiger partial charge in [0.05, 0.1) is 4.36 Å². The van der Waals surface area contributed by atoms with Crippen LogP contribution in [0.3, 0.4) is 0 Å². The zero-order valence-electron chi connectivity index (χ0n) is 6.38. The molecule has 0 radical (unpaired) electrons. The van der Waals surface area contributed by atoms with E-state index in [1.165, 1.54) is 12.5 Å². The molecule has 3 N–H and O–H groups in total. The summed E-state index contributed by atoms with van der Waals surface area (Å²) in [4.78, 5) is 10.5. The van der Waals surface area contributed by atoms with E-state index in [1.54, 1.807) is 0 Å². The van der Waals surface area contributed by atoms with Gasteiger partial charge >= 0.3 is 5.97 Å². The Balaban J connectivity index is 4.01. The largest absolute Gasteiger partial charge is 0.480 e. The van der Waals surface area contributed by atoms with Gasteiger partial charge in [0.25, 0.3) is 0 Å². The lowest BCUT2D eigenvalue weighted by Crippen LogP contribution is -2.47. The SMILES string of the molecule is C[C@](N)(CS/C(Cl)=C/Cl)C(=O)O. The lowest BCUT2D eigenvalue weighted by molar-refractivity contribution is -0.141. The zero-order chi connectivity index (χ0) is 9.78. The highest BCUT2D eigenvalue weighted by atomic mass is 35.5. The summed E-state index contributed by atoms with van der Waals surface area (Å²) in [7, 11) is 0. The Kier molecular flexibility index (Phi) is 5.01. The molecule has 0 aliphatic rings. The molecule has 0 heterocycles. The minimum absolute atomic E-state index is 0.185. The topological polar surface area (TPSA) is 63.3 Å². The van der Waals surface area contributed by atoms with Crippen LogP contribution in [0.25, 0.3) is 0 Å². The molecule has 0 spiro atoms. The molecular formula is C6H9Cl2NO2S. The molecule has 0 aliphatic heterocycles. The van der Waals surface area contributed by atoms with Gasteiger partial charge < -0.3 is 10.8 Å². The molecule has 70 valence electrons. The quantitative estimate of drug-likeness (QED) is 0.772. The second-order valence-corrected chi connectivity index (χ2v) is 4.29. The predicted octanol–water partition coefficient (Wildman–Crippen LogP) is 1.80. The van der Waals surface area contributed by atoms with Crippen LogP contribution < -0.4 is 5.73 Å². The van der Waals surface area contributed by atoms with Crippen molar-refractivity contribution in [3.05, 3.63) is 9.90 Å². The average Bonchev–Trinajstić information content (AvgIpc) is 2.00. The number of nitrogens with two attached hydrogens (primary N) is 1. The van der Waals surface area contributed by atoms with Crippen LogP contribution in [0.2, 0.25) is 0 Å². The van der Waals surface area contributed by atoms with Crippen molar-refractivity contribution in [2.45, 2.75) is 12.5 Å². The van der Waals surface area contributed by atoms with Crippen LogP contribution in [-0.4, -0.2) is 22.4 Å². The third-order valence-corrected chi connectivity index (χ3v) is 3.12. The number of hydrogen-bond acceptors (Lipinski definition) is 3. The Labute approximate surface area is 84.9 Å². The van der Waals surface area contributed by atoms with Crippen LogP contribution in [0.1, 0.15) is 6.92 Å². The van der Waals surface area contributed by atoms with E-state index in [-0.39, 0.29) is 5.75 Å². The smallest absolute Gasteiger partial charge is 0.324 e. The van der Waals surface area contributed by atoms with E-state index >= 15 is 0 Å².